The van der Waals surface area contributed by atoms with Crippen molar-refractivity contribution in [2.45, 2.75) is 348 Å². The zero-order valence-corrected chi connectivity index (χ0v) is 50.1. The van der Waals surface area contributed by atoms with Crippen molar-refractivity contribution in [2.75, 3.05) is 13.2 Å². The molecule has 0 radical (unpaired) electrons. The first-order chi connectivity index (χ1) is 37.0. The van der Waals surface area contributed by atoms with Gasteiger partial charge in [-0.2, -0.15) is 0 Å². The monoisotopic (exact) mass is 1050 g/mol. The summed E-state index contributed by atoms with van der Waals surface area (Å²) < 4.78 is 16.9. The predicted octanol–water partition coefficient (Wildman–Crippen LogP) is 22.3. The standard InChI is InChI=1S/C69H124O6/c1-4-7-10-13-16-19-22-25-28-31-33-34-36-38-41-44-47-50-53-56-59-62-68(71)74-65-66(64-73-67(70)61-58-55-52-49-46-43-40-37-30-27-24-21-18-15-12-9-6-3)75-69(72)63-60-57-54-51-48-45-42-39-35-32-29-26-23-20-17-14-11-8-5-2/h9,12,18,21,26-27,29-30,40,43,66H,4-8,10-11,13-17,19-20,22-25,28,31-39,41-42,44-65H2,1-3H3/b12-9-,21-18-,29-26-,30-27-,43-40-. The van der Waals surface area contributed by atoms with Gasteiger partial charge in [-0.05, 0) is 83.5 Å². The van der Waals surface area contributed by atoms with Crippen molar-refractivity contribution in [3.05, 3.63) is 60.8 Å². The average molecular weight is 1050 g/mol. The van der Waals surface area contributed by atoms with Crippen molar-refractivity contribution < 1.29 is 28.6 Å². The second kappa shape index (κ2) is 63.6. The first-order valence-corrected chi connectivity index (χ1v) is 32.8. The molecule has 1 unspecified atom stereocenters. The first kappa shape index (κ1) is 72.1. The number of ether oxygens (including phenoxy) is 3. The Labute approximate surface area is 466 Å². The van der Waals surface area contributed by atoms with E-state index in [1.165, 1.54) is 205 Å². The highest BCUT2D eigenvalue weighted by atomic mass is 16.6. The van der Waals surface area contributed by atoms with Gasteiger partial charge in [-0.3, -0.25) is 14.4 Å². The van der Waals surface area contributed by atoms with Gasteiger partial charge >= 0.3 is 17.9 Å². The van der Waals surface area contributed by atoms with Crippen LogP contribution in [0.15, 0.2) is 60.8 Å². The van der Waals surface area contributed by atoms with Crippen LogP contribution in [0.1, 0.15) is 342 Å². The number of esters is 3. The summed E-state index contributed by atoms with van der Waals surface area (Å²) in [7, 11) is 0. The fraction of sp³-hybridized carbons (Fsp3) is 0.812. The number of carbonyl (C=O) groups is 3. The summed E-state index contributed by atoms with van der Waals surface area (Å²) >= 11 is 0. The fourth-order valence-corrected chi connectivity index (χ4v) is 9.61. The van der Waals surface area contributed by atoms with Crippen molar-refractivity contribution in [3.8, 4) is 0 Å². The first-order valence-electron chi connectivity index (χ1n) is 32.8. The summed E-state index contributed by atoms with van der Waals surface area (Å²) in [4.78, 5) is 38.4. The number of hydrogen-bond acceptors (Lipinski definition) is 6. The maximum Gasteiger partial charge on any atom is 0.306 e. The lowest BCUT2D eigenvalue weighted by Gasteiger charge is -2.18. The second-order valence-corrected chi connectivity index (χ2v) is 22.0. The van der Waals surface area contributed by atoms with Crippen LogP contribution in [-0.4, -0.2) is 37.2 Å². The van der Waals surface area contributed by atoms with E-state index in [2.05, 4.69) is 81.5 Å². The van der Waals surface area contributed by atoms with Gasteiger partial charge in [-0.25, -0.2) is 0 Å². The van der Waals surface area contributed by atoms with Crippen LogP contribution in [0.5, 0.6) is 0 Å². The van der Waals surface area contributed by atoms with Crippen LogP contribution >= 0.6 is 0 Å². The van der Waals surface area contributed by atoms with Crippen LogP contribution in [0.4, 0.5) is 0 Å². The average Bonchev–Trinajstić information content (AvgIpc) is 3.41. The minimum absolute atomic E-state index is 0.0795. The molecular formula is C69H124O6. The Kier molecular flexibility index (Phi) is 61.2. The van der Waals surface area contributed by atoms with Gasteiger partial charge in [0.2, 0.25) is 0 Å². The smallest absolute Gasteiger partial charge is 0.306 e. The largest absolute Gasteiger partial charge is 0.462 e. The molecule has 0 aliphatic carbocycles. The van der Waals surface area contributed by atoms with Gasteiger partial charge in [0.15, 0.2) is 6.10 Å². The normalized spacial score (nSPS) is 12.4. The summed E-state index contributed by atoms with van der Waals surface area (Å²) in [5.74, 6) is -0.886. The Morgan fingerprint density at radius 1 is 0.280 bits per heavy atom. The molecule has 6 nitrogen and oxygen atoms in total. The molecular weight excluding hydrogens is 925 g/mol. The van der Waals surface area contributed by atoms with Crippen molar-refractivity contribution >= 4 is 17.9 Å². The van der Waals surface area contributed by atoms with Gasteiger partial charge in [-0.1, -0.05) is 300 Å². The van der Waals surface area contributed by atoms with Crippen molar-refractivity contribution in [1.82, 2.24) is 0 Å². The lowest BCUT2D eigenvalue weighted by atomic mass is 10.0. The van der Waals surface area contributed by atoms with Crippen LogP contribution < -0.4 is 0 Å². The van der Waals surface area contributed by atoms with Crippen LogP contribution in [0, 0.1) is 0 Å². The molecule has 0 saturated heterocycles. The van der Waals surface area contributed by atoms with Crippen LogP contribution in [0.2, 0.25) is 0 Å². The van der Waals surface area contributed by atoms with E-state index < -0.39 is 6.10 Å². The molecule has 6 heteroatoms. The molecule has 0 bridgehead atoms. The van der Waals surface area contributed by atoms with E-state index in [-0.39, 0.29) is 31.1 Å². The molecule has 75 heavy (non-hydrogen) atoms. The number of hydrogen-bond donors (Lipinski definition) is 0. The lowest BCUT2D eigenvalue weighted by molar-refractivity contribution is -0.167. The van der Waals surface area contributed by atoms with Crippen molar-refractivity contribution in [3.63, 3.8) is 0 Å². The molecule has 0 spiro atoms. The highest BCUT2D eigenvalue weighted by Crippen LogP contribution is 2.17. The molecule has 0 aromatic rings. The second-order valence-electron chi connectivity index (χ2n) is 22.0. The van der Waals surface area contributed by atoms with Gasteiger partial charge < -0.3 is 14.2 Å². The Balaban J connectivity index is 4.36. The van der Waals surface area contributed by atoms with Gasteiger partial charge in [0.25, 0.3) is 0 Å². The van der Waals surface area contributed by atoms with Crippen molar-refractivity contribution in [2.24, 2.45) is 0 Å². The van der Waals surface area contributed by atoms with E-state index in [0.29, 0.717) is 19.3 Å². The molecule has 0 rings (SSSR count). The highest BCUT2D eigenvalue weighted by molar-refractivity contribution is 5.71. The van der Waals surface area contributed by atoms with Gasteiger partial charge in [0, 0.05) is 19.3 Å². The van der Waals surface area contributed by atoms with E-state index in [1.54, 1.807) is 0 Å². The quantitative estimate of drug-likeness (QED) is 0.0261. The lowest BCUT2D eigenvalue weighted by Crippen LogP contribution is -2.30. The molecule has 0 fully saturated rings. The fourth-order valence-electron chi connectivity index (χ4n) is 9.61. The van der Waals surface area contributed by atoms with Crippen LogP contribution in [0.3, 0.4) is 0 Å². The zero-order chi connectivity index (χ0) is 54.3. The van der Waals surface area contributed by atoms with E-state index >= 15 is 0 Å². The van der Waals surface area contributed by atoms with Crippen LogP contribution in [-0.2, 0) is 28.6 Å². The van der Waals surface area contributed by atoms with E-state index in [9.17, 15) is 14.4 Å². The zero-order valence-electron chi connectivity index (χ0n) is 50.1. The maximum absolute atomic E-state index is 12.9. The minimum atomic E-state index is -0.785. The van der Waals surface area contributed by atoms with Gasteiger partial charge in [0.05, 0.1) is 0 Å². The van der Waals surface area contributed by atoms with E-state index in [4.69, 9.17) is 14.2 Å². The third kappa shape index (κ3) is 61.8. The van der Waals surface area contributed by atoms with Crippen LogP contribution in [0.25, 0.3) is 0 Å². The summed E-state index contributed by atoms with van der Waals surface area (Å²) in [6.07, 6.45) is 80.9. The number of unbranched alkanes of at least 4 members (excludes halogenated alkanes) is 39. The van der Waals surface area contributed by atoms with E-state index in [1.807, 2.05) is 0 Å². The summed E-state index contributed by atoms with van der Waals surface area (Å²) in [5.41, 5.74) is 0. The minimum Gasteiger partial charge on any atom is -0.462 e. The highest BCUT2D eigenvalue weighted by Gasteiger charge is 2.19. The third-order valence-corrected chi connectivity index (χ3v) is 14.5. The number of carbonyl (C=O) groups excluding carboxylic acids is 3. The molecule has 0 saturated carbocycles. The molecule has 0 aromatic carbocycles. The molecule has 0 heterocycles. The van der Waals surface area contributed by atoms with Gasteiger partial charge in [0.1, 0.15) is 13.2 Å². The predicted molar refractivity (Wildman–Crippen MR) is 325 cm³/mol. The van der Waals surface area contributed by atoms with E-state index in [0.717, 1.165) is 96.3 Å². The van der Waals surface area contributed by atoms with Gasteiger partial charge in [-0.15, -0.1) is 0 Å². The summed E-state index contributed by atoms with van der Waals surface area (Å²) in [6, 6.07) is 0. The Hall–Kier alpha value is -2.89. The molecule has 0 aromatic heterocycles. The summed E-state index contributed by atoms with van der Waals surface area (Å²) in [5, 5.41) is 0. The Bertz CT molecular complexity index is 1340. The number of rotatable bonds is 60. The number of allylic oxidation sites excluding steroid dienone is 10. The Morgan fingerprint density at radius 3 is 0.827 bits per heavy atom. The molecule has 0 aliphatic rings. The molecule has 0 N–H and O–H groups in total. The molecule has 436 valence electrons. The third-order valence-electron chi connectivity index (χ3n) is 14.5. The maximum atomic E-state index is 12.9. The van der Waals surface area contributed by atoms with Crippen molar-refractivity contribution in [1.29, 1.82) is 0 Å². The summed E-state index contributed by atoms with van der Waals surface area (Å²) in [6.45, 7) is 6.56. The Morgan fingerprint density at radius 2 is 0.520 bits per heavy atom. The molecule has 1 atom stereocenters. The topological polar surface area (TPSA) is 78.9 Å². The SMILES string of the molecule is CC/C=C\C/C=C\C/C=C\C/C=C\CCCCCCC(=O)OCC(COC(=O)CCCCCCCCCCCCCCCCCCCCCCC)OC(=O)CCCCCCCCCCC/C=C\CCCCCCCC. The molecule has 0 aliphatic heterocycles. The molecule has 0 amide bonds.